The Kier molecular flexibility index (Phi) is 7.77. The molecule has 0 atom stereocenters. The second-order valence-corrected chi connectivity index (χ2v) is 13.5. The van der Waals surface area contributed by atoms with E-state index in [0.29, 0.717) is 0 Å². The molecule has 0 saturated carbocycles. The van der Waals surface area contributed by atoms with Gasteiger partial charge in [-0.05, 0) is 83.9 Å². The van der Waals surface area contributed by atoms with E-state index in [4.69, 9.17) is 9.97 Å². The van der Waals surface area contributed by atoms with Gasteiger partial charge in [-0.2, -0.15) is 0 Å². The fourth-order valence-electron chi connectivity index (χ4n) is 7.61. The van der Waals surface area contributed by atoms with E-state index in [9.17, 15) is 0 Å². The summed E-state index contributed by atoms with van der Waals surface area (Å²) in [5, 5.41) is 2.43. The average molecular weight is 691 g/mol. The molecule has 54 heavy (non-hydrogen) atoms. The first-order chi connectivity index (χ1) is 26.8. The molecule has 0 spiro atoms. The Balaban J connectivity index is 1.10. The molecule has 4 heteroatoms. The van der Waals surface area contributed by atoms with E-state index >= 15 is 0 Å². The first-order valence-corrected chi connectivity index (χ1v) is 18.3. The summed E-state index contributed by atoms with van der Waals surface area (Å²) in [4.78, 5) is 12.8. The first kappa shape index (κ1) is 31.4. The minimum absolute atomic E-state index is 0.856. The molecule has 0 aliphatic heterocycles. The van der Waals surface area contributed by atoms with Gasteiger partial charge in [0.25, 0.3) is 0 Å². The maximum Gasteiger partial charge on any atom is 0.0973 e. The normalized spacial score (nSPS) is 11.3. The molecule has 254 valence electrons. The minimum atomic E-state index is 0.856. The van der Waals surface area contributed by atoms with Crippen LogP contribution in [0.4, 0.5) is 17.1 Å². The van der Waals surface area contributed by atoms with Crippen molar-refractivity contribution in [3.05, 3.63) is 206 Å². The highest BCUT2D eigenvalue weighted by atomic mass is 15.1. The number of hydrogen-bond acceptors (Lipinski definition) is 3. The summed E-state index contributed by atoms with van der Waals surface area (Å²) in [7, 11) is 0. The van der Waals surface area contributed by atoms with Crippen LogP contribution < -0.4 is 4.90 Å². The van der Waals surface area contributed by atoms with E-state index in [1.807, 2.05) is 12.1 Å². The smallest absolute Gasteiger partial charge is 0.0973 e. The van der Waals surface area contributed by atoms with Crippen molar-refractivity contribution in [2.24, 2.45) is 0 Å². The van der Waals surface area contributed by atoms with Crippen LogP contribution in [0.2, 0.25) is 0 Å². The Bertz CT molecular complexity index is 2900. The fourth-order valence-corrected chi connectivity index (χ4v) is 7.61. The van der Waals surface area contributed by atoms with Crippen LogP contribution in [0.25, 0.3) is 72.2 Å². The second kappa shape index (κ2) is 13.4. The van der Waals surface area contributed by atoms with E-state index in [1.54, 1.807) is 0 Å². The zero-order valence-corrected chi connectivity index (χ0v) is 29.4. The molecule has 4 nitrogen and oxygen atoms in total. The maximum atomic E-state index is 5.26. The summed E-state index contributed by atoms with van der Waals surface area (Å²) >= 11 is 0. The van der Waals surface area contributed by atoms with E-state index in [1.165, 1.54) is 21.8 Å². The standard InChI is InChI=1S/C50H34N4/c1-5-15-35(16-6-1)38-27-31-45-46(33-38)52-49(36-17-7-2-8-18-36)50(51-45)37-25-28-41(29-26-37)53(39-19-9-3-10-20-39)42-30-32-48-44(34-42)43-23-13-14-24-47(43)54(48)40-21-11-4-12-22-40/h1-34H. The molecule has 10 rings (SSSR count). The SMILES string of the molecule is c1ccc(-c2ccc3nc(-c4ccc(N(c5ccccc5)c5ccc6c(c5)c5ccccc5n6-c5ccccc5)cc4)c(-c4ccccc4)nc3c2)cc1. The van der Waals surface area contributed by atoms with E-state index in [-0.39, 0.29) is 0 Å². The highest BCUT2D eigenvalue weighted by molar-refractivity contribution is 6.10. The molecular weight excluding hydrogens is 657 g/mol. The molecule has 0 unspecified atom stereocenters. The van der Waals surface area contributed by atoms with Crippen LogP contribution in [0.5, 0.6) is 0 Å². The van der Waals surface area contributed by atoms with Gasteiger partial charge in [-0.25, -0.2) is 9.97 Å². The van der Waals surface area contributed by atoms with Crippen LogP contribution in [0.15, 0.2) is 206 Å². The van der Waals surface area contributed by atoms with Gasteiger partial charge in [-0.3, -0.25) is 0 Å². The Morgan fingerprint density at radius 2 is 0.852 bits per heavy atom. The van der Waals surface area contributed by atoms with E-state index in [0.717, 1.165) is 67.4 Å². The molecule has 0 saturated heterocycles. The monoisotopic (exact) mass is 690 g/mol. The molecule has 0 aliphatic rings. The molecule has 0 amide bonds. The van der Waals surface area contributed by atoms with Crippen molar-refractivity contribution in [2.45, 2.75) is 0 Å². The summed E-state index contributed by atoms with van der Waals surface area (Å²) in [5.41, 5.74) is 14.5. The number of anilines is 3. The fraction of sp³-hybridized carbons (Fsp3) is 0. The highest BCUT2D eigenvalue weighted by Crippen LogP contribution is 2.41. The van der Waals surface area contributed by atoms with Crippen LogP contribution in [-0.4, -0.2) is 14.5 Å². The largest absolute Gasteiger partial charge is 0.310 e. The van der Waals surface area contributed by atoms with Crippen molar-refractivity contribution in [2.75, 3.05) is 4.90 Å². The van der Waals surface area contributed by atoms with Crippen molar-refractivity contribution < 1.29 is 0 Å². The molecule has 2 heterocycles. The van der Waals surface area contributed by atoms with Crippen molar-refractivity contribution >= 4 is 49.9 Å². The van der Waals surface area contributed by atoms with Gasteiger partial charge in [0, 0.05) is 44.6 Å². The lowest BCUT2D eigenvalue weighted by atomic mass is 10.0. The van der Waals surface area contributed by atoms with Gasteiger partial charge >= 0.3 is 0 Å². The first-order valence-electron chi connectivity index (χ1n) is 18.3. The summed E-state index contributed by atoms with van der Waals surface area (Å²) in [5.74, 6) is 0. The minimum Gasteiger partial charge on any atom is -0.310 e. The Labute approximate surface area is 313 Å². The summed E-state index contributed by atoms with van der Waals surface area (Å²) < 4.78 is 2.35. The van der Waals surface area contributed by atoms with Crippen molar-refractivity contribution in [1.29, 1.82) is 0 Å². The lowest BCUT2D eigenvalue weighted by molar-refractivity contribution is 1.18. The lowest BCUT2D eigenvalue weighted by Gasteiger charge is -2.26. The highest BCUT2D eigenvalue weighted by Gasteiger charge is 2.19. The molecule has 0 bridgehead atoms. The molecule has 0 N–H and O–H groups in total. The van der Waals surface area contributed by atoms with Crippen LogP contribution in [0.1, 0.15) is 0 Å². The predicted octanol–water partition coefficient (Wildman–Crippen LogP) is 13.2. The third-order valence-electron chi connectivity index (χ3n) is 10.2. The van der Waals surface area contributed by atoms with E-state index in [2.05, 4.69) is 204 Å². The Morgan fingerprint density at radius 1 is 0.333 bits per heavy atom. The molecule has 0 radical (unpaired) electrons. The lowest BCUT2D eigenvalue weighted by Crippen LogP contribution is -2.09. The van der Waals surface area contributed by atoms with Crippen molar-refractivity contribution in [3.8, 4) is 39.3 Å². The predicted molar refractivity (Wildman–Crippen MR) is 225 cm³/mol. The van der Waals surface area contributed by atoms with Crippen LogP contribution >= 0.6 is 0 Å². The molecule has 2 aromatic heterocycles. The van der Waals surface area contributed by atoms with Crippen LogP contribution in [0.3, 0.4) is 0 Å². The zero-order valence-electron chi connectivity index (χ0n) is 29.4. The number of hydrogen-bond donors (Lipinski definition) is 0. The van der Waals surface area contributed by atoms with Crippen LogP contribution in [0, 0.1) is 0 Å². The van der Waals surface area contributed by atoms with Gasteiger partial charge in [0.05, 0.1) is 33.5 Å². The zero-order chi connectivity index (χ0) is 35.8. The molecule has 10 aromatic rings. The topological polar surface area (TPSA) is 34.0 Å². The maximum absolute atomic E-state index is 5.26. The Morgan fingerprint density at radius 3 is 1.57 bits per heavy atom. The third-order valence-corrected chi connectivity index (χ3v) is 10.2. The number of para-hydroxylation sites is 3. The van der Waals surface area contributed by atoms with Gasteiger partial charge in [-0.15, -0.1) is 0 Å². The second-order valence-electron chi connectivity index (χ2n) is 13.5. The van der Waals surface area contributed by atoms with Gasteiger partial charge in [0.15, 0.2) is 0 Å². The molecule has 8 aromatic carbocycles. The molecule has 0 aliphatic carbocycles. The number of rotatable bonds is 7. The summed E-state index contributed by atoms with van der Waals surface area (Å²) in [6, 6.07) is 72.5. The average Bonchev–Trinajstić information content (AvgIpc) is 3.58. The quantitative estimate of drug-likeness (QED) is 0.167. The number of benzene rings is 8. The number of fused-ring (bicyclic) bond motifs is 4. The summed E-state index contributed by atoms with van der Waals surface area (Å²) in [6.45, 7) is 0. The van der Waals surface area contributed by atoms with Gasteiger partial charge in [-0.1, -0.05) is 133 Å². The van der Waals surface area contributed by atoms with Crippen LogP contribution in [-0.2, 0) is 0 Å². The van der Waals surface area contributed by atoms with Gasteiger partial charge in [0.2, 0.25) is 0 Å². The van der Waals surface area contributed by atoms with Crippen molar-refractivity contribution in [3.63, 3.8) is 0 Å². The third kappa shape index (κ3) is 5.58. The number of nitrogens with zero attached hydrogens (tertiary/aromatic N) is 4. The Hall–Kier alpha value is -7.30. The van der Waals surface area contributed by atoms with Gasteiger partial charge < -0.3 is 9.47 Å². The van der Waals surface area contributed by atoms with E-state index < -0.39 is 0 Å². The van der Waals surface area contributed by atoms with Crippen molar-refractivity contribution in [1.82, 2.24) is 14.5 Å². The summed E-state index contributed by atoms with van der Waals surface area (Å²) in [6.07, 6.45) is 0. The van der Waals surface area contributed by atoms with Gasteiger partial charge in [0.1, 0.15) is 0 Å². The molecule has 0 fully saturated rings. The molecular formula is C50H34N4. The number of aromatic nitrogens is 3.